The summed E-state index contributed by atoms with van der Waals surface area (Å²) in [5.41, 5.74) is 2.83. The molecule has 3 heteroatoms. The monoisotopic (exact) mass is 248 g/mol. The van der Waals surface area contributed by atoms with E-state index in [-0.39, 0.29) is 0 Å². The Morgan fingerprint density at radius 2 is 1.06 bits per heavy atom. The largest absolute Gasteiger partial charge is 0.348 e. The van der Waals surface area contributed by atoms with Gasteiger partial charge in [0.2, 0.25) is 0 Å². The SMILES string of the molecule is O=[PH2]O.c1ccc(CCc2ccccc2)cc1. The van der Waals surface area contributed by atoms with Gasteiger partial charge in [0.25, 0.3) is 0 Å². The number of rotatable bonds is 3. The summed E-state index contributed by atoms with van der Waals surface area (Å²) in [4.78, 5) is 7.10. The third-order valence-electron chi connectivity index (χ3n) is 2.39. The van der Waals surface area contributed by atoms with Crippen LogP contribution >= 0.6 is 8.69 Å². The van der Waals surface area contributed by atoms with Crippen molar-refractivity contribution in [2.45, 2.75) is 12.8 Å². The van der Waals surface area contributed by atoms with Crippen molar-refractivity contribution in [2.75, 3.05) is 0 Å². The van der Waals surface area contributed by atoms with E-state index in [1.807, 2.05) is 0 Å². The first kappa shape index (κ1) is 13.7. The van der Waals surface area contributed by atoms with Crippen LogP contribution in [0.2, 0.25) is 0 Å². The Morgan fingerprint density at radius 1 is 0.765 bits per heavy atom. The van der Waals surface area contributed by atoms with Crippen molar-refractivity contribution < 1.29 is 9.46 Å². The smallest absolute Gasteiger partial charge is 0.177 e. The number of aryl methyl sites for hydroxylation is 2. The maximum Gasteiger partial charge on any atom is 0.177 e. The predicted molar refractivity (Wildman–Crippen MR) is 72.9 cm³/mol. The first-order valence-corrected chi connectivity index (χ1v) is 6.51. The molecule has 0 saturated heterocycles. The van der Waals surface area contributed by atoms with Gasteiger partial charge >= 0.3 is 0 Å². The normalized spacial score (nSPS) is 9.94. The number of benzene rings is 2. The highest BCUT2D eigenvalue weighted by molar-refractivity contribution is 7.16. The second kappa shape index (κ2) is 8.74. The summed E-state index contributed by atoms with van der Waals surface area (Å²) in [5, 5.41) is 0. The van der Waals surface area contributed by atoms with Crippen LogP contribution in [0.1, 0.15) is 11.1 Å². The highest BCUT2D eigenvalue weighted by Crippen LogP contribution is 2.06. The van der Waals surface area contributed by atoms with Crippen molar-refractivity contribution in [1.82, 2.24) is 0 Å². The molecular weight excluding hydrogens is 231 g/mol. The van der Waals surface area contributed by atoms with Crippen LogP contribution in [-0.4, -0.2) is 4.89 Å². The van der Waals surface area contributed by atoms with Crippen molar-refractivity contribution >= 4 is 8.69 Å². The maximum atomic E-state index is 8.57. The minimum absolute atomic E-state index is 1.13. The predicted octanol–water partition coefficient (Wildman–Crippen LogP) is 3.12. The highest BCUT2D eigenvalue weighted by atomic mass is 31.1. The number of hydrogen-bond donors (Lipinski definition) is 1. The molecule has 0 fully saturated rings. The lowest BCUT2D eigenvalue weighted by Gasteiger charge is -2.01. The molecule has 0 radical (unpaired) electrons. The minimum Gasteiger partial charge on any atom is -0.348 e. The van der Waals surface area contributed by atoms with Crippen LogP contribution in [-0.2, 0) is 17.4 Å². The van der Waals surface area contributed by atoms with E-state index in [1.54, 1.807) is 0 Å². The van der Waals surface area contributed by atoms with Gasteiger partial charge in [-0.2, -0.15) is 0 Å². The van der Waals surface area contributed by atoms with Crippen molar-refractivity contribution in [3.05, 3.63) is 71.8 Å². The molecule has 0 saturated carbocycles. The van der Waals surface area contributed by atoms with Gasteiger partial charge in [-0.15, -0.1) is 0 Å². The van der Waals surface area contributed by atoms with Crippen LogP contribution in [0.5, 0.6) is 0 Å². The zero-order valence-corrected chi connectivity index (χ0v) is 10.8. The van der Waals surface area contributed by atoms with Crippen LogP contribution < -0.4 is 0 Å². The summed E-state index contributed by atoms with van der Waals surface area (Å²) in [7, 11) is -1.50. The Bertz CT molecular complexity index is 375. The van der Waals surface area contributed by atoms with Gasteiger partial charge in [0.15, 0.2) is 8.69 Å². The summed E-state index contributed by atoms with van der Waals surface area (Å²) >= 11 is 0. The van der Waals surface area contributed by atoms with E-state index in [1.165, 1.54) is 11.1 Å². The molecule has 90 valence electrons. The van der Waals surface area contributed by atoms with Gasteiger partial charge in [0.05, 0.1) is 0 Å². The molecule has 0 aliphatic heterocycles. The first-order chi connectivity index (χ1) is 8.36. The quantitative estimate of drug-likeness (QED) is 0.847. The zero-order valence-electron chi connectivity index (χ0n) is 9.62. The van der Waals surface area contributed by atoms with Crippen LogP contribution in [0.3, 0.4) is 0 Å². The molecule has 1 N–H and O–H groups in total. The Morgan fingerprint density at radius 3 is 1.35 bits per heavy atom. The molecule has 2 aromatic carbocycles. The minimum atomic E-state index is -1.50. The Balaban J connectivity index is 0.000000437. The first-order valence-electron chi connectivity index (χ1n) is 5.52. The van der Waals surface area contributed by atoms with Gasteiger partial charge in [-0.25, -0.2) is 0 Å². The zero-order chi connectivity index (χ0) is 12.3. The van der Waals surface area contributed by atoms with Crippen molar-refractivity contribution in [2.24, 2.45) is 0 Å². The molecular formula is C14H17O2P. The summed E-state index contributed by atoms with van der Waals surface area (Å²) in [6, 6.07) is 21.2. The topological polar surface area (TPSA) is 37.3 Å². The third kappa shape index (κ3) is 6.06. The molecule has 1 atom stereocenters. The van der Waals surface area contributed by atoms with Gasteiger partial charge in [-0.3, -0.25) is 4.57 Å². The molecule has 0 aliphatic carbocycles. The second-order valence-corrected chi connectivity index (χ2v) is 3.79. The van der Waals surface area contributed by atoms with Crippen LogP contribution in [0.15, 0.2) is 60.7 Å². The molecule has 0 heterocycles. The molecule has 17 heavy (non-hydrogen) atoms. The second-order valence-electron chi connectivity index (χ2n) is 3.58. The molecule has 2 nitrogen and oxygen atoms in total. The van der Waals surface area contributed by atoms with Crippen LogP contribution in [0.4, 0.5) is 0 Å². The molecule has 0 aliphatic rings. The molecule has 2 aromatic rings. The van der Waals surface area contributed by atoms with E-state index < -0.39 is 8.69 Å². The Hall–Kier alpha value is -1.37. The van der Waals surface area contributed by atoms with E-state index in [2.05, 4.69) is 60.7 Å². The van der Waals surface area contributed by atoms with Gasteiger partial charge < -0.3 is 4.89 Å². The third-order valence-corrected chi connectivity index (χ3v) is 2.39. The summed E-state index contributed by atoms with van der Waals surface area (Å²) in [6.45, 7) is 0. The standard InChI is InChI=1S/C14H14.H3O2P/c1-3-7-13(8-4-1)11-12-14-9-5-2-6-10-14;1-3-2/h1-10H,11-12H2;3H2,(H,1,2). The molecule has 1 unspecified atom stereocenters. The van der Waals surface area contributed by atoms with Crippen LogP contribution in [0.25, 0.3) is 0 Å². The Kier molecular flexibility index (Phi) is 7.04. The highest BCUT2D eigenvalue weighted by Gasteiger charge is 1.93. The molecule has 2 rings (SSSR count). The fraction of sp³-hybridized carbons (Fsp3) is 0.143. The molecule has 0 aromatic heterocycles. The maximum absolute atomic E-state index is 8.57. The summed E-state index contributed by atoms with van der Waals surface area (Å²) in [6.07, 6.45) is 2.26. The molecule has 0 bridgehead atoms. The van der Waals surface area contributed by atoms with Crippen LogP contribution in [0, 0.1) is 0 Å². The van der Waals surface area contributed by atoms with Gasteiger partial charge in [-0.05, 0) is 24.0 Å². The fourth-order valence-electron chi connectivity index (χ4n) is 1.58. The van der Waals surface area contributed by atoms with Crippen molar-refractivity contribution in [1.29, 1.82) is 0 Å². The lowest BCUT2D eigenvalue weighted by Crippen LogP contribution is -1.89. The van der Waals surface area contributed by atoms with E-state index in [4.69, 9.17) is 9.46 Å². The summed E-state index contributed by atoms with van der Waals surface area (Å²) in [5.74, 6) is 0. The van der Waals surface area contributed by atoms with E-state index in [9.17, 15) is 0 Å². The average molecular weight is 248 g/mol. The fourth-order valence-corrected chi connectivity index (χ4v) is 1.58. The van der Waals surface area contributed by atoms with Gasteiger partial charge in [0, 0.05) is 0 Å². The summed E-state index contributed by atoms with van der Waals surface area (Å²) < 4.78 is 8.57. The van der Waals surface area contributed by atoms with Gasteiger partial charge in [-0.1, -0.05) is 60.7 Å². The van der Waals surface area contributed by atoms with Crippen molar-refractivity contribution in [3.63, 3.8) is 0 Å². The van der Waals surface area contributed by atoms with Gasteiger partial charge in [0.1, 0.15) is 0 Å². The number of hydrogen-bond acceptors (Lipinski definition) is 1. The average Bonchev–Trinajstić information content (AvgIpc) is 2.40. The van der Waals surface area contributed by atoms with Crippen molar-refractivity contribution in [3.8, 4) is 0 Å². The van der Waals surface area contributed by atoms with E-state index in [0.29, 0.717) is 0 Å². The molecule has 0 spiro atoms. The van der Waals surface area contributed by atoms with E-state index >= 15 is 0 Å². The Labute approximate surface area is 103 Å². The van der Waals surface area contributed by atoms with E-state index in [0.717, 1.165) is 12.8 Å². The molecule has 0 amide bonds. The lowest BCUT2D eigenvalue weighted by molar-refractivity contribution is 0.524. The lowest BCUT2D eigenvalue weighted by atomic mass is 10.0.